The molecular weight excluding hydrogens is 397 g/mol. The summed E-state index contributed by atoms with van der Waals surface area (Å²) in [6.07, 6.45) is 4.19. The van der Waals surface area contributed by atoms with Crippen molar-refractivity contribution in [2.24, 2.45) is 0 Å². The Hall–Kier alpha value is -2.28. The number of halogens is 2. The van der Waals surface area contributed by atoms with Crippen molar-refractivity contribution in [2.45, 2.75) is 6.42 Å². The Bertz CT molecular complexity index is 943. The normalized spacial score (nSPS) is 11.1. The highest BCUT2D eigenvalue weighted by Crippen LogP contribution is 2.29. The average Bonchev–Trinajstić information content (AvgIpc) is 3.06. The number of rotatable bonds is 7. The molecular formula is C21H23ClFN3OS. The van der Waals surface area contributed by atoms with Gasteiger partial charge in [0.15, 0.2) is 5.13 Å². The first-order chi connectivity index (χ1) is 13.0. The summed E-state index contributed by atoms with van der Waals surface area (Å²) in [7, 11) is 4.00. The van der Waals surface area contributed by atoms with Crippen molar-refractivity contribution in [1.29, 1.82) is 0 Å². The van der Waals surface area contributed by atoms with Crippen molar-refractivity contribution in [1.82, 2.24) is 9.88 Å². The number of thiazole rings is 1. The Balaban J connectivity index is 0.00000280. The summed E-state index contributed by atoms with van der Waals surface area (Å²) in [5.41, 5.74) is 1.67. The van der Waals surface area contributed by atoms with Crippen LogP contribution < -0.4 is 4.90 Å². The third-order valence-corrected chi connectivity index (χ3v) is 5.08. The lowest BCUT2D eigenvalue weighted by Gasteiger charge is -2.19. The minimum atomic E-state index is -0.299. The molecule has 7 heteroatoms. The van der Waals surface area contributed by atoms with Gasteiger partial charge in [0.05, 0.1) is 10.2 Å². The van der Waals surface area contributed by atoms with Crippen LogP contribution in [0.5, 0.6) is 0 Å². The highest BCUT2D eigenvalue weighted by atomic mass is 35.5. The Kier molecular flexibility index (Phi) is 8.11. The molecule has 0 radical (unpaired) electrons. The molecule has 1 aromatic heterocycles. The lowest BCUT2D eigenvalue weighted by atomic mass is 10.2. The fourth-order valence-electron chi connectivity index (χ4n) is 2.67. The van der Waals surface area contributed by atoms with E-state index in [9.17, 15) is 9.18 Å². The molecule has 28 heavy (non-hydrogen) atoms. The molecule has 4 nitrogen and oxygen atoms in total. The molecule has 0 bridgehead atoms. The maximum absolute atomic E-state index is 13.5. The van der Waals surface area contributed by atoms with Crippen LogP contribution in [0, 0.1) is 5.82 Å². The number of carbonyl (C=O) groups excluding carboxylic acids is 1. The molecule has 0 aliphatic heterocycles. The van der Waals surface area contributed by atoms with Crippen molar-refractivity contribution < 1.29 is 9.18 Å². The third kappa shape index (κ3) is 5.86. The predicted octanol–water partition coefficient (Wildman–Crippen LogP) is 4.86. The molecule has 2 aromatic carbocycles. The van der Waals surface area contributed by atoms with Gasteiger partial charge in [-0.05, 0) is 56.9 Å². The van der Waals surface area contributed by atoms with Gasteiger partial charge in [0.25, 0.3) is 5.91 Å². The topological polar surface area (TPSA) is 36.4 Å². The van der Waals surface area contributed by atoms with E-state index in [0.29, 0.717) is 17.2 Å². The molecule has 148 valence electrons. The smallest absolute Gasteiger partial charge is 0.252 e. The quantitative estimate of drug-likeness (QED) is 0.513. The second kappa shape index (κ2) is 10.3. The fraction of sp³-hybridized carbons (Fsp3) is 0.238. The lowest BCUT2D eigenvalue weighted by molar-refractivity contribution is -0.114. The molecule has 0 fully saturated rings. The van der Waals surface area contributed by atoms with Gasteiger partial charge in [-0.25, -0.2) is 9.37 Å². The first kappa shape index (κ1) is 22.0. The van der Waals surface area contributed by atoms with Gasteiger partial charge in [0.2, 0.25) is 0 Å². The van der Waals surface area contributed by atoms with Gasteiger partial charge in [-0.1, -0.05) is 41.7 Å². The highest BCUT2D eigenvalue weighted by Gasteiger charge is 2.18. The summed E-state index contributed by atoms with van der Waals surface area (Å²) in [6, 6.07) is 14.2. The van der Waals surface area contributed by atoms with Crippen LogP contribution >= 0.6 is 23.7 Å². The Labute approximate surface area is 174 Å². The zero-order chi connectivity index (χ0) is 19.2. The number of anilines is 1. The van der Waals surface area contributed by atoms with Crippen molar-refractivity contribution in [2.75, 3.05) is 32.1 Å². The van der Waals surface area contributed by atoms with Crippen LogP contribution in [0.4, 0.5) is 9.52 Å². The van der Waals surface area contributed by atoms with E-state index in [0.717, 1.165) is 23.2 Å². The number of hydrogen-bond acceptors (Lipinski definition) is 4. The molecule has 0 saturated carbocycles. The molecule has 0 N–H and O–H groups in total. The number of aromatic nitrogens is 1. The number of nitrogens with zero attached hydrogens (tertiary/aromatic N) is 3. The molecule has 3 rings (SSSR count). The molecule has 0 atom stereocenters. The van der Waals surface area contributed by atoms with Gasteiger partial charge in [-0.3, -0.25) is 9.69 Å². The molecule has 0 aliphatic rings. The predicted molar refractivity (Wildman–Crippen MR) is 118 cm³/mol. The number of carbonyl (C=O) groups is 1. The van der Waals surface area contributed by atoms with Crippen LogP contribution in [0.15, 0.2) is 54.6 Å². The minimum Gasteiger partial charge on any atom is -0.309 e. The van der Waals surface area contributed by atoms with Crippen molar-refractivity contribution >= 4 is 51.1 Å². The standard InChI is InChI=1S/C21H22FN3OS.ClH/c1-24(2)13-6-14-25(20(26)12-9-16-7-4-3-5-8-16)21-23-18-11-10-17(22)15-19(18)27-21;/h3-5,7-12,15H,6,13-14H2,1-2H3;1H. The lowest BCUT2D eigenvalue weighted by Crippen LogP contribution is -2.32. The van der Waals surface area contributed by atoms with Gasteiger partial charge < -0.3 is 4.90 Å². The summed E-state index contributed by atoms with van der Waals surface area (Å²) in [4.78, 5) is 21.1. The number of hydrogen-bond donors (Lipinski definition) is 0. The molecule has 1 amide bonds. The Morgan fingerprint density at radius 1 is 1.14 bits per heavy atom. The zero-order valence-electron chi connectivity index (χ0n) is 15.8. The summed E-state index contributed by atoms with van der Waals surface area (Å²) < 4.78 is 14.2. The largest absolute Gasteiger partial charge is 0.309 e. The summed E-state index contributed by atoms with van der Waals surface area (Å²) >= 11 is 1.33. The summed E-state index contributed by atoms with van der Waals surface area (Å²) in [6.45, 7) is 1.42. The second-order valence-electron chi connectivity index (χ2n) is 6.50. The van der Waals surface area contributed by atoms with Gasteiger partial charge in [0.1, 0.15) is 5.82 Å². The molecule has 0 saturated heterocycles. The first-order valence-electron chi connectivity index (χ1n) is 8.78. The third-order valence-electron chi connectivity index (χ3n) is 4.04. The molecule has 0 aliphatic carbocycles. The van der Waals surface area contributed by atoms with Crippen molar-refractivity contribution in [3.63, 3.8) is 0 Å². The van der Waals surface area contributed by atoms with E-state index in [1.54, 1.807) is 23.1 Å². The zero-order valence-corrected chi connectivity index (χ0v) is 17.5. The van der Waals surface area contributed by atoms with E-state index in [1.165, 1.54) is 23.5 Å². The van der Waals surface area contributed by atoms with Crippen LogP contribution in [-0.2, 0) is 4.79 Å². The molecule has 1 heterocycles. The molecule has 3 aromatic rings. The van der Waals surface area contributed by atoms with E-state index in [-0.39, 0.29) is 24.1 Å². The van der Waals surface area contributed by atoms with Crippen LogP contribution in [-0.4, -0.2) is 43.0 Å². The highest BCUT2D eigenvalue weighted by molar-refractivity contribution is 7.22. The maximum atomic E-state index is 13.5. The van der Waals surface area contributed by atoms with Crippen LogP contribution in [0.25, 0.3) is 16.3 Å². The molecule has 0 unspecified atom stereocenters. The Morgan fingerprint density at radius 2 is 1.89 bits per heavy atom. The summed E-state index contributed by atoms with van der Waals surface area (Å²) in [5, 5.41) is 0.595. The first-order valence-corrected chi connectivity index (χ1v) is 9.60. The van der Waals surface area contributed by atoms with E-state index in [1.807, 2.05) is 44.4 Å². The van der Waals surface area contributed by atoms with E-state index in [4.69, 9.17) is 0 Å². The van der Waals surface area contributed by atoms with Crippen LogP contribution in [0.3, 0.4) is 0 Å². The van der Waals surface area contributed by atoms with Crippen molar-refractivity contribution in [3.8, 4) is 0 Å². The second-order valence-corrected chi connectivity index (χ2v) is 7.51. The van der Waals surface area contributed by atoms with Gasteiger partial charge >= 0.3 is 0 Å². The minimum absolute atomic E-state index is 0. The van der Waals surface area contributed by atoms with Gasteiger partial charge in [0, 0.05) is 12.6 Å². The van der Waals surface area contributed by atoms with Crippen molar-refractivity contribution in [3.05, 3.63) is 66.0 Å². The average molecular weight is 420 g/mol. The monoisotopic (exact) mass is 419 g/mol. The molecule has 0 spiro atoms. The Morgan fingerprint density at radius 3 is 2.61 bits per heavy atom. The van der Waals surface area contributed by atoms with Gasteiger partial charge in [-0.2, -0.15) is 0 Å². The maximum Gasteiger partial charge on any atom is 0.252 e. The van der Waals surface area contributed by atoms with Gasteiger partial charge in [-0.15, -0.1) is 12.4 Å². The number of benzene rings is 2. The fourth-order valence-corrected chi connectivity index (χ4v) is 3.69. The van der Waals surface area contributed by atoms with Crippen LogP contribution in [0.1, 0.15) is 12.0 Å². The number of amides is 1. The van der Waals surface area contributed by atoms with Crippen LogP contribution in [0.2, 0.25) is 0 Å². The van der Waals surface area contributed by atoms with E-state index >= 15 is 0 Å². The number of fused-ring (bicyclic) bond motifs is 1. The summed E-state index contributed by atoms with van der Waals surface area (Å²) in [5.74, 6) is -0.427. The van der Waals surface area contributed by atoms with E-state index < -0.39 is 0 Å². The van der Waals surface area contributed by atoms with E-state index in [2.05, 4.69) is 9.88 Å². The SMILES string of the molecule is CN(C)CCCN(C(=O)C=Cc1ccccc1)c1nc2ccc(F)cc2s1.Cl.